The maximum Gasteiger partial charge on any atom is 0.265 e. The second kappa shape index (κ2) is 7.50. The van der Waals surface area contributed by atoms with Gasteiger partial charge in [0.2, 0.25) is 0 Å². The molecule has 4 rings (SSSR count). The molecule has 0 bridgehead atoms. The van der Waals surface area contributed by atoms with Gasteiger partial charge in [-0.2, -0.15) is 0 Å². The van der Waals surface area contributed by atoms with Gasteiger partial charge in [-0.15, -0.1) is 22.7 Å². The first-order valence-electron chi connectivity index (χ1n) is 8.62. The molecule has 3 heterocycles. The van der Waals surface area contributed by atoms with Crippen molar-refractivity contribution < 1.29 is 4.79 Å². The summed E-state index contributed by atoms with van der Waals surface area (Å²) in [6.45, 7) is 1.70. The Morgan fingerprint density at radius 1 is 1.12 bits per heavy atom. The molecule has 0 spiro atoms. The molecule has 25 heavy (non-hydrogen) atoms. The first-order valence-corrected chi connectivity index (χ1v) is 10.3. The molecule has 0 N–H and O–H groups in total. The predicted octanol–water partition coefficient (Wildman–Crippen LogP) is 4.97. The van der Waals surface area contributed by atoms with E-state index in [0.717, 1.165) is 47.1 Å². The smallest absolute Gasteiger partial charge is 0.265 e. The molecule has 3 nitrogen and oxygen atoms in total. The lowest BCUT2D eigenvalue weighted by molar-refractivity contribution is 0.0695. The highest BCUT2D eigenvalue weighted by Gasteiger charge is 2.25. The first-order chi connectivity index (χ1) is 12.3. The van der Waals surface area contributed by atoms with Crippen LogP contribution in [0.25, 0.3) is 9.88 Å². The predicted molar refractivity (Wildman–Crippen MR) is 104 cm³/mol. The van der Waals surface area contributed by atoms with Crippen molar-refractivity contribution in [1.29, 1.82) is 0 Å². The second-order valence-electron chi connectivity index (χ2n) is 6.43. The number of rotatable bonds is 4. The standard InChI is InChI=1S/C20H20N2OS2/c23-20(18-14-21-19(25-18)17-7-4-12-24-17)22-10-8-16(9-11-22)13-15-5-2-1-3-6-15/h1-7,12,14,16H,8-11,13H2. The summed E-state index contributed by atoms with van der Waals surface area (Å²) in [5.74, 6) is 0.813. The average Bonchev–Trinajstić information content (AvgIpc) is 3.34. The molecule has 0 radical (unpaired) electrons. The van der Waals surface area contributed by atoms with Crippen molar-refractivity contribution in [1.82, 2.24) is 9.88 Å². The summed E-state index contributed by atoms with van der Waals surface area (Å²) in [6, 6.07) is 14.7. The molecule has 5 heteroatoms. The summed E-state index contributed by atoms with van der Waals surface area (Å²) < 4.78 is 0. The van der Waals surface area contributed by atoms with Crippen molar-refractivity contribution in [3.05, 3.63) is 64.5 Å². The van der Waals surface area contributed by atoms with Crippen molar-refractivity contribution in [2.24, 2.45) is 5.92 Å². The van der Waals surface area contributed by atoms with Crippen LogP contribution in [0.1, 0.15) is 28.1 Å². The monoisotopic (exact) mass is 368 g/mol. The van der Waals surface area contributed by atoms with Gasteiger partial charge in [0.05, 0.1) is 11.1 Å². The molecule has 1 saturated heterocycles. The highest BCUT2D eigenvalue weighted by molar-refractivity contribution is 7.21. The molecule has 1 aliphatic rings. The van der Waals surface area contributed by atoms with E-state index in [4.69, 9.17) is 0 Å². The van der Waals surface area contributed by atoms with Crippen molar-refractivity contribution in [2.75, 3.05) is 13.1 Å². The number of aromatic nitrogens is 1. The molecule has 1 amide bonds. The van der Waals surface area contributed by atoms with Gasteiger partial charge in [-0.3, -0.25) is 4.79 Å². The SMILES string of the molecule is O=C(c1cnc(-c2cccs2)s1)N1CCC(Cc2ccccc2)CC1. The van der Waals surface area contributed by atoms with Gasteiger partial charge >= 0.3 is 0 Å². The van der Waals surface area contributed by atoms with Crippen LogP contribution in [-0.2, 0) is 6.42 Å². The van der Waals surface area contributed by atoms with Crippen LogP contribution in [0.5, 0.6) is 0 Å². The maximum absolute atomic E-state index is 12.7. The fraction of sp³-hybridized carbons (Fsp3) is 0.300. The van der Waals surface area contributed by atoms with Gasteiger partial charge in [-0.1, -0.05) is 36.4 Å². The topological polar surface area (TPSA) is 33.2 Å². The van der Waals surface area contributed by atoms with Crippen LogP contribution in [-0.4, -0.2) is 28.9 Å². The molecule has 0 unspecified atom stereocenters. The van der Waals surface area contributed by atoms with Crippen molar-refractivity contribution in [2.45, 2.75) is 19.3 Å². The van der Waals surface area contributed by atoms with Crippen molar-refractivity contribution in [3.63, 3.8) is 0 Å². The number of piperidine rings is 1. The lowest BCUT2D eigenvalue weighted by Gasteiger charge is -2.31. The van der Waals surface area contributed by atoms with Crippen LogP contribution >= 0.6 is 22.7 Å². The van der Waals surface area contributed by atoms with Crippen LogP contribution < -0.4 is 0 Å². The number of amides is 1. The van der Waals surface area contributed by atoms with Crippen LogP contribution in [0.4, 0.5) is 0 Å². The number of hydrogen-bond donors (Lipinski definition) is 0. The minimum atomic E-state index is 0.137. The zero-order chi connectivity index (χ0) is 17.1. The molecule has 1 aliphatic heterocycles. The molecule has 0 aliphatic carbocycles. The fourth-order valence-corrected chi connectivity index (χ4v) is 5.02. The molecular weight excluding hydrogens is 348 g/mol. The highest BCUT2D eigenvalue weighted by Crippen LogP contribution is 2.30. The number of hydrogen-bond acceptors (Lipinski definition) is 4. The van der Waals surface area contributed by atoms with E-state index in [2.05, 4.69) is 35.3 Å². The fourth-order valence-electron chi connectivity index (χ4n) is 3.33. The summed E-state index contributed by atoms with van der Waals surface area (Å²) in [5.41, 5.74) is 1.40. The average molecular weight is 369 g/mol. The lowest BCUT2D eigenvalue weighted by atomic mass is 9.90. The van der Waals surface area contributed by atoms with Crippen LogP contribution in [0.15, 0.2) is 54.0 Å². The number of thiazole rings is 1. The molecule has 1 fully saturated rings. The van der Waals surface area contributed by atoms with Crippen LogP contribution in [0, 0.1) is 5.92 Å². The van der Waals surface area contributed by atoms with E-state index < -0.39 is 0 Å². The zero-order valence-electron chi connectivity index (χ0n) is 13.9. The third-order valence-electron chi connectivity index (χ3n) is 4.72. The van der Waals surface area contributed by atoms with Crippen LogP contribution in [0.2, 0.25) is 0 Å². The number of thiophene rings is 1. The lowest BCUT2D eigenvalue weighted by Crippen LogP contribution is -2.38. The van der Waals surface area contributed by atoms with E-state index in [1.165, 1.54) is 16.9 Å². The summed E-state index contributed by atoms with van der Waals surface area (Å²) in [7, 11) is 0. The number of nitrogens with zero attached hydrogens (tertiary/aromatic N) is 2. The Balaban J connectivity index is 1.35. The Morgan fingerprint density at radius 3 is 2.64 bits per heavy atom. The minimum Gasteiger partial charge on any atom is -0.338 e. The molecule has 0 atom stereocenters. The molecule has 0 saturated carbocycles. The maximum atomic E-state index is 12.7. The number of likely N-dealkylation sites (tertiary alicyclic amines) is 1. The molecule has 128 valence electrons. The van der Waals surface area contributed by atoms with Gasteiger partial charge in [-0.25, -0.2) is 4.98 Å². The first kappa shape index (κ1) is 16.5. The Morgan fingerprint density at radius 2 is 1.92 bits per heavy atom. The molecule has 3 aromatic rings. The number of carbonyl (C=O) groups excluding carboxylic acids is 1. The summed E-state index contributed by atoms with van der Waals surface area (Å²) >= 11 is 3.16. The van der Waals surface area contributed by atoms with Crippen LogP contribution in [0.3, 0.4) is 0 Å². The Bertz CT molecular complexity index is 819. The Labute approximate surface area is 156 Å². The third kappa shape index (κ3) is 3.83. The van der Waals surface area contributed by atoms with Gasteiger partial charge in [-0.05, 0) is 42.2 Å². The van der Waals surface area contributed by atoms with Gasteiger partial charge in [0.1, 0.15) is 9.88 Å². The van der Waals surface area contributed by atoms with Crippen molar-refractivity contribution >= 4 is 28.6 Å². The summed E-state index contributed by atoms with van der Waals surface area (Å²) in [6.07, 6.45) is 5.01. The summed E-state index contributed by atoms with van der Waals surface area (Å²) in [4.78, 5) is 21.1. The molecular formula is C20H20N2OS2. The van der Waals surface area contributed by atoms with E-state index in [9.17, 15) is 4.79 Å². The van der Waals surface area contributed by atoms with E-state index >= 15 is 0 Å². The van der Waals surface area contributed by atoms with Gasteiger partial charge in [0.25, 0.3) is 5.91 Å². The van der Waals surface area contributed by atoms with E-state index in [0.29, 0.717) is 5.92 Å². The third-order valence-corrected chi connectivity index (χ3v) is 6.74. The van der Waals surface area contributed by atoms with Gasteiger partial charge in [0, 0.05) is 13.1 Å². The molecule has 1 aromatic carbocycles. The normalized spacial score (nSPS) is 15.4. The van der Waals surface area contributed by atoms with E-state index in [1.54, 1.807) is 17.5 Å². The Hall–Kier alpha value is -1.98. The van der Waals surface area contributed by atoms with Gasteiger partial charge in [0.15, 0.2) is 0 Å². The minimum absolute atomic E-state index is 0.137. The number of carbonyl (C=O) groups is 1. The summed E-state index contributed by atoms with van der Waals surface area (Å²) in [5, 5.41) is 2.98. The molecule has 2 aromatic heterocycles. The quantitative estimate of drug-likeness (QED) is 0.652. The largest absolute Gasteiger partial charge is 0.338 e. The highest BCUT2D eigenvalue weighted by atomic mass is 32.1. The zero-order valence-corrected chi connectivity index (χ0v) is 15.6. The number of benzene rings is 1. The van der Waals surface area contributed by atoms with E-state index in [1.807, 2.05) is 22.4 Å². The Kier molecular flexibility index (Phi) is 4.95. The van der Waals surface area contributed by atoms with E-state index in [-0.39, 0.29) is 5.91 Å². The second-order valence-corrected chi connectivity index (χ2v) is 8.41. The van der Waals surface area contributed by atoms with Gasteiger partial charge < -0.3 is 4.90 Å². The van der Waals surface area contributed by atoms with Crippen molar-refractivity contribution in [3.8, 4) is 9.88 Å².